The van der Waals surface area contributed by atoms with Crippen molar-refractivity contribution in [3.05, 3.63) is 35.4 Å². The van der Waals surface area contributed by atoms with Crippen LogP contribution in [0.3, 0.4) is 0 Å². The average Bonchev–Trinajstić information content (AvgIpc) is 2.37. The standard InChI is InChI=1S/C14H17NO4/c1-15(2)7-12(8-19-9-15)13(16)10-3-5-11(6-4-10)14(17)18/h3-6,12H,7-9H2,1-2H3/p+1. The smallest absolute Gasteiger partial charge is 0.335 e. The van der Waals surface area contributed by atoms with Crippen LogP contribution >= 0.6 is 0 Å². The zero-order chi connectivity index (χ0) is 14.0. The van der Waals surface area contributed by atoms with Crippen LogP contribution in [-0.2, 0) is 4.74 Å². The Hall–Kier alpha value is -1.72. The summed E-state index contributed by atoms with van der Waals surface area (Å²) in [4.78, 5) is 23.1. The lowest BCUT2D eigenvalue weighted by molar-refractivity contribution is -0.919. The first kappa shape index (κ1) is 13.7. The molecule has 0 spiro atoms. The molecule has 1 aliphatic rings. The van der Waals surface area contributed by atoms with Crippen LogP contribution in [0.4, 0.5) is 0 Å². The second-order valence-corrected chi connectivity index (χ2v) is 5.56. The van der Waals surface area contributed by atoms with Crippen LogP contribution in [0.15, 0.2) is 24.3 Å². The number of hydrogen-bond donors (Lipinski definition) is 1. The molecular weight excluding hydrogens is 246 g/mol. The lowest BCUT2D eigenvalue weighted by Crippen LogP contribution is -2.52. The fourth-order valence-corrected chi connectivity index (χ4v) is 2.32. The molecule has 19 heavy (non-hydrogen) atoms. The second-order valence-electron chi connectivity index (χ2n) is 5.56. The normalized spacial score (nSPS) is 21.9. The van der Waals surface area contributed by atoms with E-state index in [1.54, 1.807) is 12.1 Å². The lowest BCUT2D eigenvalue weighted by atomic mass is 9.96. The van der Waals surface area contributed by atoms with Gasteiger partial charge in [0.1, 0.15) is 0 Å². The predicted molar refractivity (Wildman–Crippen MR) is 69.0 cm³/mol. The maximum atomic E-state index is 12.3. The van der Waals surface area contributed by atoms with Crippen molar-refractivity contribution < 1.29 is 23.9 Å². The van der Waals surface area contributed by atoms with Gasteiger partial charge in [0, 0.05) is 5.56 Å². The van der Waals surface area contributed by atoms with E-state index in [9.17, 15) is 9.59 Å². The largest absolute Gasteiger partial charge is 0.478 e. The van der Waals surface area contributed by atoms with E-state index in [2.05, 4.69) is 0 Å². The number of ketones is 1. The molecule has 5 nitrogen and oxygen atoms in total. The van der Waals surface area contributed by atoms with Gasteiger partial charge in [0.05, 0.1) is 38.7 Å². The molecule has 1 heterocycles. The Labute approximate surface area is 112 Å². The average molecular weight is 264 g/mol. The zero-order valence-electron chi connectivity index (χ0n) is 11.1. The topological polar surface area (TPSA) is 63.6 Å². The molecule has 5 heteroatoms. The molecule has 0 aliphatic carbocycles. The van der Waals surface area contributed by atoms with Crippen LogP contribution in [0, 0.1) is 5.92 Å². The van der Waals surface area contributed by atoms with Crippen molar-refractivity contribution in [3.63, 3.8) is 0 Å². The molecule has 0 bridgehead atoms. The number of hydrogen-bond acceptors (Lipinski definition) is 3. The Bertz CT molecular complexity index is 493. The Morgan fingerprint density at radius 1 is 1.21 bits per heavy atom. The summed E-state index contributed by atoms with van der Waals surface area (Å²) in [6.07, 6.45) is 0. The van der Waals surface area contributed by atoms with Crippen LogP contribution in [-0.4, -0.2) is 55.3 Å². The van der Waals surface area contributed by atoms with Crippen LogP contribution in [0.5, 0.6) is 0 Å². The van der Waals surface area contributed by atoms with Crippen molar-refractivity contribution in [2.75, 3.05) is 34.0 Å². The molecule has 0 radical (unpaired) electrons. The van der Waals surface area contributed by atoms with Gasteiger partial charge in [-0.05, 0) is 12.1 Å². The van der Waals surface area contributed by atoms with Gasteiger partial charge in [-0.2, -0.15) is 0 Å². The molecule has 102 valence electrons. The Kier molecular flexibility index (Phi) is 3.68. The Morgan fingerprint density at radius 2 is 1.79 bits per heavy atom. The van der Waals surface area contributed by atoms with Gasteiger partial charge < -0.3 is 14.3 Å². The van der Waals surface area contributed by atoms with Crippen LogP contribution in [0.1, 0.15) is 20.7 Å². The summed E-state index contributed by atoms with van der Waals surface area (Å²) in [7, 11) is 4.04. The van der Waals surface area contributed by atoms with Gasteiger partial charge in [0.15, 0.2) is 12.5 Å². The van der Waals surface area contributed by atoms with Gasteiger partial charge in [-0.15, -0.1) is 0 Å². The zero-order valence-corrected chi connectivity index (χ0v) is 11.1. The number of quaternary nitrogens is 1. The van der Waals surface area contributed by atoms with Crippen molar-refractivity contribution in [2.24, 2.45) is 5.92 Å². The summed E-state index contributed by atoms with van der Waals surface area (Å²) >= 11 is 0. The summed E-state index contributed by atoms with van der Waals surface area (Å²) < 4.78 is 6.12. The summed E-state index contributed by atoms with van der Waals surface area (Å²) in [6, 6.07) is 6.05. The number of benzene rings is 1. The van der Waals surface area contributed by atoms with E-state index in [-0.39, 0.29) is 17.3 Å². The molecule has 1 atom stereocenters. The molecule has 1 aromatic carbocycles. The first-order valence-electron chi connectivity index (χ1n) is 6.16. The second kappa shape index (κ2) is 5.11. The van der Waals surface area contributed by atoms with Crippen molar-refractivity contribution >= 4 is 11.8 Å². The highest BCUT2D eigenvalue weighted by molar-refractivity contribution is 5.99. The van der Waals surface area contributed by atoms with Crippen molar-refractivity contribution in [1.82, 2.24) is 0 Å². The monoisotopic (exact) mass is 264 g/mol. The third-order valence-electron chi connectivity index (χ3n) is 3.26. The fourth-order valence-electron chi connectivity index (χ4n) is 2.32. The molecule has 0 amide bonds. The van der Waals surface area contributed by atoms with Crippen molar-refractivity contribution in [1.29, 1.82) is 0 Å². The van der Waals surface area contributed by atoms with E-state index in [0.29, 0.717) is 23.4 Å². The molecule has 1 aliphatic heterocycles. The third kappa shape index (κ3) is 3.19. The molecular formula is C14H18NO4+. The van der Waals surface area contributed by atoms with Crippen LogP contribution in [0.25, 0.3) is 0 Å². The summed E-state index contributed by atoms with van der Waals surface area (Å²) in [5.74, 6) is -1.14. The molecule has 1 saturated heterocycles. The molecule has 0 saturated carbocycles. The highest BCUT2D eigenvalue weighted by atomic mass is 16.5. The number of aromatic carboxylic acids is 1. The van der Waals surface area contributed by atoms with E-state index in [1.807, 2.05) is 14.1 Å². The number of rotatable bonds is 3. The molecule has 1 unspecified atom stereocenters. The Balaban J connectivity index is 2.13. The number of carboxylic acids is 1. The van der Waals surface area contributed by atoms with Gasteiger partial charge in [-0.3, -0.25) is 4.79 Å². The number of Topliss-reactive ketones (excluding diaryl/α,β-unsaturated/α-hetero) is 1. The molecule has 0 aromatic heterocycles. The minimum Gasteiger partial charge on any atom is -0.478 e. The summed E-state index contributed by atoms with van der Waals surface area (Å²) in [5, 5.41) is 8.82. The Morgan fingerprint density at radius 3 is 2.32 bits per heavy atom. The van der Waals surface area contributed by atoms with Crippen LogP contribution in [0.2, 0.25) is 0 Å². The highest BCUT2D eigenvalue weighted by Crippen LogP contribution is 2.18. The van der Waals surface area contributed by atoms with Crippen LogP contribution < -0.4 is 0 Å². The first-order valence-corrected chi connectivity index (χ1v) is 6.16. The summed E-state index contributed by atoms with van der Waals surface area (Å²) in [6.45, 7) is 1.78. The van der Waals surface area contributed by atoms with E-state index < -0.39 is 5.97 Å². The maximum Gasteiger partial charge on any atom is 0.335 e. The number of nitrogens with zero attached hydrogens (tertiary/aromatic N) is 1. The molecule has 1 fully saturated rings. The van der Waals surface area contributed by atoms with Gasteiger partial charge >= 0.3 is 5.97 Å². The fraction of sp³-hybridized carbons (Fsp3) is 0.429. The van der Waals surface area contributed by atoms with E-state index in [4.69, 9.17) is 9.84 Å². The number of carbonyl (C=O) groups excluding carboxylic acids is 1. The lowest BCUT2D eigenvalue weighted by Gasteiger charge is -2.36. The number of carbonyl (C=O) groups is 2. The SMILES string of the molecule is C[N+]1(C)COCC(C(=O)c2ccc(C(=O)O)cc2)C1. The minimum atomic E-state index is -0.988. The van der Waals surface area contributed by atoms with Gasteiger partial charge in [-0.25, -0.2) is 4.79 Å². The predicted octanol–water partition coefficient (Wildman–Crippen LogP) is 1.25. The van der Waals surface area contributed by atoms with Gasteiger partial charge in [-0.1, -0.05) is 12.1 Å². The molecule has 1 aromatic rings. The van der Waals surface area contributed by atoms with Crippen molar-refractivity contribution in [2.45, 2.75) is 0 Å². The van der Waals surface area contributed by atoms with Gasteiger partial charge in [0.25, 0.3) is 0 Å². The quantitative estimate of drug-likeness (QED) is 0.659. The minimum absolute atomic E-state index is 0.0165. The number of ether oxygens (including phenoxy) is 1. The summed E-state index contributed by atoms with van der Waals surface area (Å²) in [5.41, 5.74) is 0.730. The van der Waals surface area contributed by atoms with E-state index >= 15 is 0 Å². The molecule has 2 rings (SSSR count). The maximum absolute atomic E-state index is 12.3. The highest BCUT2D eigenvalue weighted by Gasteiger charge is 2.33. The third-order valence-corrected chi connectivity index (χ3v) is 3.26. The van der Waals surface area contributed by atoms with E-state index in [0.717, 1.165) is 6.54 Å². The number of carboxylic acid groups (broad SMARTS) is 1. The van der Waals surface area contributed by atoms with Gasteiger partial charge in [0.2, 0.25) is 0 Å². The van der Waals surface area contributed by atoms with E-state index in [1.165, 1.54) is 12.1 Å². The first-order chi connectivity index (χ1) is 8.89. The molecule has 1 N–H and O–H groups in total. The van der Waals surface area contributed by atoms with Crippen molar-refractivity contribution in [3.8, 4) is 0 Å².